The Morgan fingerprint density at radius 1 is 1.36 bits per heavy atom. The third-order valence-corrected chi connectivity index (χ3v) is 3.75. The first-order valence-corrected chi connectivity index (χ1v) is 7.09. The number of hydrogen-bond donors (Lipinski definition) is 2. The van der Waals surface area contributed by atoms with Crippen LogP contribution in [0, 0.1) is 5.82 Å². The summed E-state index contributed by atoms with van der Waals surface area (Å²) in [6.07, 6.45) is 2.04. The minimum absolute atomic E-state index is 0.263. The van der Waals surface area contributed by atoms with Crippen molar-refractivity contribution in [2.75, 3.05) is 0 Å². The molecule has 1 saturated carbocycles. The standard InChI is InChI=1S/C16H15FN2O3/c1-8(16(21)22)18-15(20)12-7-14(9-2-3-9)19-13-5-4-10(17)6-11(12)13/h4-9H,2-3H2,1H3,(H,18,20)(H,21,22)/t8-/m1/s1. The Hall–Kier alpha value is -2.50. The van der Waals surface area contributed by atoms with Gasteiger partial charge in [0.15, 0.2) is 0 Å². The number of nitrogens with one attached hydrogen (secondary N) is 1. The average Bonchev–Trinajstić information content (AvgIpc) is 3.30. The summed E-state index contributed by atoms with van der Waals surface area (Å²) >= 11 is 0. The average molecular weight is 302 g/mol. The van der Waals surface area contributed by atoms with Gasteiger partial charge < -0.3 is 10.4 Å². The fourth-order valence-corrected chi connectivity index (χ4v) is 2.33. The minimum Gasteiger partial charge on any atom is -0.480 e. The molecule has 22 heavy (non-hydrogen) atoms. The van der Waals surface area contributed by atoms with Crippen LogP contribution in [-0.2, 0) is 4.79 Å². The number of rotatable bonds is 4. The number of aliphatic carboxylic acids is 1. The zero-order valence-electron chi connectivity index (χ0n) is 12.0. The smallest absolute Gasteiger partial charge is 0.325 e. The van der Waals surface area contributed by atoms with Crippen molar-refractivity contribution in [3.8, 4) is 0 Å². The molecule has 5 nitrogen and oxygen atoms in total. The summed E-state index contributed by atoms with van der Waals surface area (Å²) in [4.78, 5) is 27.7. The third-order valence-electron chi connectivity index (χ3n) is 3.75. The van der Waals surface area contributed by atoms with Crippen LogP contribution in [0.3, 0.4) is 0 Å². The van der Waals surface area contributed by atoms with Crippen molar-refractivity contribution in [1.82, 2.24) is 10.3 Å². The number of halogens is 1. The lowest BCUT2D eigenvalue weighted by Crippen LogP contribution is -2.38. The molecule has 1 aliphatic carbocycles. The Labute approximate surface area is 126 Å². The number of nitrogens with zero attached hydrogens (tertiary/aromatic N) is 1. The number of carbonyl (C=O) groups is 2. The molecular formula is C16H15FN2O3. The van der Waals surface area contributed by atoms with Gasteiger partial charge in [-0.3, -0.25) is 14.6 Å². The van der Waals surface area contributed by atoms with Crippen LogP contribution in [0.15, 0.2) is 24.3 Å². The Morgan fingerprint density at radius 3 is 2.73 bits per heavy atom. The molecular weight excluding hydrogens is 287 g/mol. The van der Waals surface area contributed by atoms with E-state index in [9.17, 15) is 14.0 Å². The number of carboxylic acid groups (broad SMARTS) is 1. The van der Waals surface area contributed by atoms with Gasteiger partial charge in [0.2, 0.25) is 0 Å². The number of carbonyl (C=O) groups excluding carboxylic acids is 1. The summed E-state index contributed by atoms with van der Waals surface area (Å²) in [7, 11) is 0. The zero-order valence-corrected chi connectivity index (χ0v) is 12.0. The van der Waals surface area contributed by atoms with E-state index in [1.165, 1.54) is 25.1 Å². The minimum atomic E-state index is -1.12. The molecule has 6 heteroatoms. The van der Waals surface area contributed by atoms with Gasteiger partial charge in [-0.2, -0.15) is 0 Å². The van der Waals surface area contributed by atoms with Gasteiger partial charge in [0.25, 0.3) is 5.91 Å². The lowest BCUT2D eigenvalue weighted by molar-refractivity contribution is -0.138. The Bertz CT molecular complexity index is 771. The molecule has 1 heterocycles. The lowest BCUT2D eigenvalue weighted by Gasteiger charge is -2.12. The Kier molecular flexibility index (Phi) is 3.52. The fourth-order valence-electron chi connectivity index (χ4n) is 2.33. The summed E-state index contributed by atoms with van der Waals surface area (Å²) in [6, 6.07) is 4.71. The predicted molar refractivity (Wildman–Crippen MR) is 78.2 cm³/mol. The first-order valence-electron chi connectivity index (χ1n) is 7.09. The normalized spacial score (nSPS) is 15.5. The van der Waals surface area contributed by atoms with Gasteiger partial charge in [-0.25, -0.2) is 4.39 Å². The molecule has 0 bridgehead atoms. The van der Waals surface area contributed by atoms with E-state index < -0.39 is 23.7 Å². The van der Waals surface area contributed by atoms with E-state index >= 15 is 0 Å². The molecule has 1 atom stereocenters. The molecule has 1 fully saturated rings. The van der Waals surface area contributed by atoms with Gasteiger partial charge >= 0.3 is 5.97 Å². The van der Waals surface area contributed by atoms with Crippen molar-refractivity contribution in [1.29, 1.82) is 0 Å². The van der Waals surface area contributed by atoms with Crippen LogP contribution < -0.4 is 5.32 Å². The molecule has 114 valence electrons. The van der Waals surface area contributed by atoms with E-state index in [0.717, 1.165) is 18.5 Å². The highest BCUT2D eigenvalue weighted by Gasteiger charge is 2.27. The van der Waals surface area contributed by atoms with E-state index in [4.69, 9.17) is 5.11 Å². The fraction of sp³-hybridized carbons (Fsp3) is 0.312. The van der Waals surface area contributed by atoms with Crippen molar-refractivity contribution >= 4 is 22.8 Å². The molecule has 0 spiro atoms. The van der Waals surface area contributed by atoms with Crippen molar-refractivity contribution in [2.24, 2.45) is 0 Å². The van der Waals surface area contributed by atoms with Crippen LogP contribution in [0.1, 0.15) is 41.7 Å². The number of amides is 1. The van der Waals surface area contributed by atoms with Crippen LogP contribution in [-0.4, -0.2) is 28.0 Å². The maximum absolute atomic E-state index is 13.5. The van der Waals surface area contributed by atoms with Gasteiger partial charge in [0, 0.05) is 17.0 Å². The van der Waals surface area contributed by atoms with E-state index in [0.29, 0.717) is 16.8 Å². The molecule has 1 aromatic heterocycles. The molecule has 0 saturated heterocycles. The highest BCUT2D eigenvalue weighted by Crippen LogP contribution is 2.40. The highest BCUT2D eigenvalue weighted by molar-refractivity contribution is 6.07. The maximum atomic E-state index is 13.5. The van der Waals surface area contributed by atoms with Crippen LogP contribution in [0.4, 0.5) is 4.39 Å². The first kappa shape index (κ1) is 14.4. The van der Waals surface area contributed by atoms with Crippen molar-refractivity contribution in [2.45, 2.75) is 31.7 Å². The highest BCUT2D eigenvalue weighted by atomic mass is 19.1. The van der Waals surface area contributed by atoms with E-state index in [2.05, 4.69) is 10.3 Å². The molecule has 2 aromatic rings. The Morgan fingerprint density at radius 2 is 2.09 bits per heavy atom. The monoisotopic (exact) mass is 302 g/mol. The van der Waals surface area contributed by atoms with E-state index in [-0.39, 0.29) is 5.56 Å². The molecule has 1 aromatic carbocycles. The summed E-state index contributed by atoms with van der Waals surface area (Å²) < 4.78 is 13.5. The molecule has 2 N–H and O–H groups in total. The molecule has 0 unspecified atom stereocenters. The second-order valence-corrected chi connectivity index (χ2v) is 5.56. The van der Waals surface area contributed by atoms with Gasteiger partial charge in [-0.05, 0) is 44.0 Å². The number of carboxylic acids is 1. The van der Waals surface area contributed by atoms with Gasteiger partial charge in [0.1, 0.15) is 11.9 Å². The number of hydrogen-bond acceptors (Lipinski definition) is 3. The summed E-state index contributed by atoms with van der Waals surface area (Å²) in [5.41, 5.74) is 1.60. The second-order valence-electron chi connectivity index (χ2n) is 5.56. The molecule has 0 radical (unpaired) electrons. The molecule has 1 amide bonds. The maximum Gasteiger partial charge on any atom is 0.325 e. The van der Waals surface area contributed by atoms with Crippen LogP contribution in [0.5, 0.6) is 0 Å². The quantitative estimate of drug-likeness (QED) is 0.909. The van der Waals surface area contributed by atoms with Crippen molar-refractivity contribution in [3.63, 3.8) is 0 Å². The molecule has 0 aliphatic heterocycles. The topological polar surface area (TPSA) is 79.3 Å². The van der Waals surface area contributed by atoms with Gasteiger partial charge in [-0.15, -0.1) is 0 Å². The lowest BCUT2D eigenvalue weighted by atomic mass is 10.0. The van der Waals surface area contributed by atoms with Gasteiger partial charge in [0.05, 0.1) is 11.1 Å². The number of aromatic nitrogens is 1. The number of pyridine rings is 1. The summed E-state index contributed by atoms with van der Waals surface area (Å²) in [5, 5.41) is 11.7. The van der Waals surface area contributed by atoms with Gasteiger partial charge in [-0.1, -0.05) is 0 Å². The SMILES string of the molecule is C[C@@H](NC(=O)c1cc(C2CC2)nc2ccc(F)cc12)C(=O)O. The third kappa shape index (κ3) is 2.77. The largest absolute Gasteiger partial charge is 0.480 e. The first-order chi connectivity index (χ1) is 10.5. The number of fused-ring (bicyclic) bond motifs is 1. The predicted octanol–water partition coefficient (Wildman–Crippen LogP) is 2.45. The molecule has 1 aliphatic rings. The van der Waals surface area contributed by atoms with Crippen molar-refractivity contribution < 1.29 is 19.1 Å². The van der Waals surface area contributed by atoms with Crippen LogP contribution >= 0.6 is 0 Å². The van der Waals surface area contributed by atoms with Crippen LogP contribution in [0.2, 0.25) is 0 Å². The zero-order chi connectivity index (χ0) is 15.9. The Balaban J connectivity index is 2.07. The van der Waals surface area contributed by atoms with Crippen molar-refractivity contribution in [3.05, 3.63) is 41.3 Å². The number of benzene rings is 1. The second kappa shape index (κ2) is 5.36. The summed E-state index contributed by atoms with van der Waals surface area (Å²) in [5.74, 6) is -1.79. The van der Waals surface area contributed by atoms with E-state index in [1.807, 2.05) is 0 Å². The summed E-state index contributed by atoms with van der Waals surface area (Å²) in [6.45, 7) is 1.38. The van der Waals surface area contributed by atoms with E-state index in [1.54, 1.807) is 6.07 Å². The molecule has 3 rings (SSSR count). The van der Waals surface area contributed by atoms with Crippen LogP contribution in [0.25, 0.3) is 10.9 Å².